The summed E-state index contributed by atoms with van der Waals surface area (Å²) in [6.07, 6.45) is 15.3. The quantitative estimate of drug-likeness (QED) is 0.0791. The number of sulfonamides is 1. The van der Waals surface area contributed by atoms with Gasteiger partial charge in [-0.05, 0) is 18.4 Å². The molecule has 228 valence electrons. The number of hydrogen-bond donors (Lipinski definition) is 3. The molecule has 0 radical (unpaired) electrons. The first-order valence-electron chi connectivity index (χ1n) is 15.0. The molecule has 3 atom stereocenters. The normalized spacial score (nSPS) is 15.2. The fraction of sp³-hybridized carbons (Fsp3) is 0.793. The van der Waals surface area contributed by atoms with Gasteiger partial charge in [0.05, 0.1) is 25.6 Å². The zero-order valence-electron chi connectivity index (χ0n) is 24.3. The molecule has 10 heteroatoms. The van der Waals surface area contributed by atoms with Crippen LogP contribution in [0.5, 0.6) is 0 Å². The van der Waals surface area contributed by atoms with E-state index in [2.05, 4.69) is 18.6 Å². The number of aliphatic hydroxyl groups excluding tert-OH is 1. The maximum absolute atomic E-state index is 12.8. The predicted octanol–water partition coefficient (Wildman–Crippen LogP) is 6.90. The third-order valence-corrected chi connectivity index (χ3v) is 9.67. The van der Waals surface area contributed by atoms with Crippen LogP contribution in [0.25, 0.3) is 0 Å². The molecule has 1 rings (SSSR count). The molecule has 8 nitrogen and oxygen atoms in total. The molecule has 0 fully saturated rings. The van der Waals surface area contributed by atoms with Gasteiger partial charge in [-0.1, -0.05) is 128 Å². The highest BCUT2D eigenvalue weighted by molar-refractivity contribution is 7.89. The molecule has 0 aliphatic rings. The van der Waals surface area contributed by atoms with Crippen LogP contribution < -0.4 is 4.72 Å². The Morgan fingerprint density at radius 1 is 0.821 bits per heavy atom. The van der Waals surface area contributed by atoms with Crippen molar-refractivity contribution in [2.75, 3.05) is 19.0 Å². The molecule has 1 aromatic rings. The lowest BCUT2D eigenvalue weighted by molar-refractivity contribution is 0.0471. The average molecular weight is 592 g/mol. The van der Waals surface area contributed by atoms with E-state index in [4.69, 9.17) is 9.26 Å². The van der Waals surface area contributed by atoms with Crippen LogP contribution in [0, 0.1) is 0 Å². The molecule has 3 unspecified atom stereocenters. The van der Waals surface area contributed by atoms with Gasteiger partial charge in [-0.15, -0.1) is 0 Å². The highest BCUT2D eigenvalue weighted by Gasteiger charge is 2.32. The fourth-order valence-corrected chi connectivity index (χ4v) is 6.57. The van der Waals surface area contributed by atoms with Crippen molar-refractivity contribution < 1.29 is 32.2 Å². The second kappa shape index (κ2) is 21.9. The molecule has 0 amide bonds. The van der Waals surface area contributed by atoms with Gasteiger partial charge in [0.2, 0.25) is 10.0 Å². The Morgan fingerprint density at radius 2 is 1.36 bits per heavy atom. The first kappa shape index (κ1) is 36.2. The Morgan fingerprint density at radius 3 is 1.95 bits per heavy atom. The highest BCUT2D eigenvalue weighted by Crippen LogP contribution is 2.46. The van der Waals surface area contributed by atoms with Gasteiger partial charge >= 0.3 is 7.60 Å². The van der Waals surface area contributed by atoms with Crippen LogP contribution in [0.2, 0.25) is 0 Å². The van der Waals surface area contributed by atoms with Gasteiger partial charge in [0, 0.05) is 6.04 Å². The van der Waals surface area contributed by atoms with E-state index in [-0.39, 0.29) is 25.6 Å². The Kier molecular flexibility index (Phi) is 20.3. The van der Waals surface area contributed by atoms with E-state index in [9.17, 15) is 23.0 Å². The predicted molar refractivity (Wildman–Crippen MR) is 159 cm³/mol. The van der Waals surface area contributed by atoms with Crippen molar-refractivity contribution in [3.8, 4) is 0 Å². The third-order valence-electron chi connectivity index (χ3n) is 6.73. The van der Waals surface area contributed by atoms with Crippen LogP contribution in [-0.4, -0.2) is 49.3 Å². The van der Waals surface area contributed by atoms with E-state index < -0.39 is 29.5 Å². The van der Waals surface area contributed by atoms with Crippen LogP contribution in [-0.2, 0) is 30.5 Å². The summed E-state index contributed by atoms with van der Waals surface area (Å²) in [5.74, 6) is -1.69. The van der Waals surface area contributed by atoms with Gasteiger partial charge in [-0.25, -0.2) is 13.1 Å². The smallest absolute Gasteiger partial charge is 0.358 e. The largest absolute Gasteiger partial charge is 0.378 e. The van der Waals surface area contributed by atoms with E-state index in [1.165, 1.54) is 32.1 Å². The summed E-state index contributed by atoms with van der Waals surface area (Å²) < 4.78 is 51.5. The van der Waals surface area contributed by atoms with Gasteiger partial charge in [-0.3, -0.25) is 4.57 Å². The molecule has 3 N–H and O–H groups in total. The molecule has 0 aliphatic heterocycles. The van der Waals surface area contributed by atoms with Crippen molar-refractivity contribution >= 4 is 17.6 Å². The van der Waals surface area contributed by atoms with Gasteiger partial charge in [-0.2, -0.15) is 0 Å². The van der Waals surface area contributed by atoms with E-state index in [0.717, 1.165) is 56.9 Å². The number of ether oxygens (including phenoxy) is 1. The molecule has 0 aliphatic carbocycles. The van der Waals surface area contributed by atoms with Crippen molar-refractivity contribution in [3.05, 3.63) is 35.9 Å². The van der Waals surface area contributed by atoms with E-state index in [1.807, 2.05) is 30.3 Å². The lowest BCUT2D eigenvalue weighted by atomic mass is 10.1. The topological polar surface area (TPSA) is 122 Å². The summed E-state index contributed by atoms with van der Waals surface area (Å²) in [5, 5.41) is 10.2. The number of aliphatic hydroxyl groups is 1. The third kappa shape index (κ3) is 19.0. The lowest BCUT2D eigenvalue weighted by Crippen LogP contribution is -2.39. The van der Waals surface area contributed by atoms with Crippen molar-refractivity contribution in [1.29, 1.82) is 0 Å². The van der Waals surface area contributed by atoms with Crippen molar-refractivity contribution in [3.63, 3.8) is 0 Å². The van der Waals surface area contributed by atoms with Crippen LogP contribution in [0.4, 0.5) is 0 Å². The number of nitrogens with one attached hydrogen (secondary N) is 1. The van der Waals surface area contributed by atoms with E-state index >= 15 is 0 Å². The van der Waals surface area contributed by atoms with Crippen molar-refractivity contribution in [1.82, 2.24) is 4.72 Å². The molecule has 1 aromatic carbocycles. The minimum absolute atomic E-state index is 0.0295. The highest BCUT2D eigenvalue weighted by atomic mass is 32.2. The Balaban J connectivity index is 2.53. The number of unbranched alkanes of at least 4 members (excludes halogenated alkanes) is 12. The molecule has 0 spiro atoms. The second-order valence-corrected chi connectivity index (χ2v) is 14.4. The molecular formula is C29H54NO7PS. The summed E-state index contributed by atoms with van der Waals surface area (Å²) in [6.45, 7) is 3.88. The molecule has 0 bridgehead atoms. The molecular weight excluding hydrogens is 537 g/mol. The molecule has 0 saturated heterocycles. The van der Waals surface area contributed by atoms with Crippen LogP contribution >= 0.6 is 7.60 Å². The lowest BCUT2D eigenvalue weighted by Gasteiger charge is -2.23. The van der Waals surface area contributed by atoms with Gasteiger partial charge in [0.1, 0.15) is 0 Å². The second-order valence-electron chi connectivity index (χ2n) is 10.5. The first-order chi connectivity index (χ1) is 18.7. The monoisotopic (exact) mass is 591 g/mol. The first-order valence-corrected chi connectivity index (χ1v) is 18.3. The number of hydrogen-bond acceptors (Lipinski definition) is 6. The number of rotatable bonds is 26. The minimum atomic E-state index is -4.42. The Hall–Kier alpha value is -0.800. The Bertz CT molecular complexity index is 870. The zero-order chi connectivity index (χ0) is 28.8. The average Bonchev–Trinajstić information content (AvgIpc) is 2.91. The molecule has 0 saturated carbocycles. The molecule has 0 heterocycles. The van der Waals surface area contributed by atoms with Gasteiger partial charge in [0.15, 0.2) is 5.85 Å². The summed E-state index contributed by atoms with van der Waals surface area (Å²) >= 11 is 0. The van der Waals surface area contributed by atoms with E-state index in [1.54, 1.807) is 0 Å². The van der Waals surface area contributed by atoms with Crippen molar-refractivity contribution in [2.24, 2.45) is 0 Å². The van der Waals surface area contributed by atoms with E-state index in [0.29, 0.717) is 12.8 Å². The van der Waals surface area contributed by atoms with Crippen molar-refractivity contribution in [2.45, 2.75) is 129 Å². The minimum Gasteiger partial charge on any atom is -0.378 e. The summed E-state index contributed by atoms with van der Waals surface area (Å²) in [6, 6.07) is 8.67. The molecule has 39 heavy (non-hydrogen) atoms. The maximum atomic E-state index is 12.8. The Labute approximate surface area is 237 Å². The van der Waals surface area contributed by atoms with Crippen LogP contribution in [0.3, 0.4) is 0 Å². The SMILES string of the molecule is CCCCCCCCCCS(=O)(=O)NC(CCCCCCCC)COP(=O)(O)C(O)COCc1ccccc1. The summed E-state index contributed by atoms with van der Waals surface area (Å²) in [4.78, 5) is 10.3. The summed E-state index contributed by atoms with van der Waals surface area (Å²) in [7, 11) is -7.98. The van der Waals surface area contributed by atoms with Gasteiger partial charge < -0.3 is 19.3 Å². The standard InChI is InChI=1S/C29H54NO7PS/c1-3-5-7-9-11-12-14-19-23-39(34,35)30-28(22-18-13-10-8-6-4-2)25-37-38(32,33)29(31)26-36-24-27-20-16-15-17-21-27/h15-17,20-21,28-31H,3-14,18-19,22-26H2,1-2H3,(H,32,33). The number of benzene rings is 1. The molecule has 0 aromatic heterocycles. The zero-order valence-corrected chi connectivity index (χ0v) is 26.0. The summed E-state index contributed by atoms with van der Waals surface area (Å²) in [5.41, 5.74) is 0.878. The maximum Gasteiger partial charge on any atom is 0.358 e. The van der Waals surface area contributed by atoms with Crippen LogP contribution in [0.1, 0.15) is 116 Å². The van der Waals surface area contributed by atoms with Gasteiger partial charge in [0.25, 0.3) is 0 Å². The van der Waals surface area contributed by atoms with Crippen LogP contribution in [0.15, 0.2) is 30.3 Å². The fourth-order valence-electron chi connectivity index (χ4n) is 4.32.